The lowest BCUT2D eigenvalue weighted by molar-refractivity contribution is 0.487. The summed E-state index contributed by atoms with van der Waals surface area (Å²) in [4.78, 5) is 4.83. The summed E-state index contributed by atoms with van der Waals surface area (Å²) in [5.41, 5.74) is 2.20. The van der Waals surface area contributed by atoms with Crippen LogP contribution in [0.25, 0.3) is 11.0 Å². The molecule has 0 bridgehead atoms. The lowest BCUT2D eigenvalue weighted by Crippen LogP contribution is -2.23. The molecule has 4 heteroatoms. The number of benzene rings is 1. The van der Waals surface area contributed by atoms with Crippen LogP contribution in [0.15, 0.2) is 18.2 Å². The van der Waals surface area contributed by atoms with Crippen LogP contribution in [0.5, 0.6) is 0 Å². The topological polar surface area (TPSA) is 29.9 Å². The molecule has 0 spiro atoms. The Bertz CT molecular complexity index is 568. The molecule has 19 heavy (non-hydrogen) atoms. The largest absolute Gasteiger partial charge is 0.327 e. The molecule has 1 aliphatic heterocycles. The van der Waals surface area contributed by atoms with E-state index < -0.39 is 0 Å². The van der Waals surface area contributed by atoms with E-state index in [0.717, 1.165) is 23.6 Å². The third-order valence-electron chi connectivity index (χ3n) is 3.93. The number of rotatable bonds is 2. The first-order valence-electron chi connectivity index (χ1n) is 7.18. The van der Waals surface area contributed by atoms with E-state index >= 15 is 0 Å². The Balaban J connectivity index is 2.06. The number of aryl methyl sites for hydroxylation is 1. The van der Waals surface area contributed by atoms with Crippen molar-refractivity contribution in [2.75, 3.05) is 6.54 Å². The van der Waals surface area contributed by atoms with Crippen molar-refractivity contribution in [3.8, 4) is 0 Å². The maximum atomic E-state index is 6.07. The molecule has 0 radical (unpaired) electrons. The molecule has 1 aromatic carbocycles. The lowest BCUT2D eigenvalue weighted by Gasteiger charge is -2.16. The van der Waals surface area contributed by atoms with Gasteiger partial charge < -0.3 is 9.88 Å². The van der Waals surface area contributed by atoms with Gasteiger partial charge in [-0.25, -0.2) is 4.98 Å². The number of nitrogens with zero attached hydrogens (tertiary/aromatic N) is 2. The van der Waals surface area contributed by atoms with Crippen molar-refractivity contribution < 1.29 is 0 Å². The molecule has 1 atom stereocenters. The summed E-state index contributed by atoms with van der Waals surface area (Å²) in [6.45, 7) is 4.22. The Morgan fingerprint density at radius 2 is 2.26 bits per heavy atom. The summed E-state index contributed by atoms with van der Waals surface area (Å²) in [5, 5.41) is 4.39. The highest BCUT2D eigenvalue weighted by atomic mass is 35.5. The van der Waals surface area contributed by atoms with Crippen molar-refractivity contribution >= 4 is 22.6 Å². The second-order valence-corrected chi connectivity index (χ2v) is 5.64. The zero-order valence-corrected chi connectivity index (χ0v) is 12.1. The van der Waals surface area contributed by atoms with Gasteiger partial charge in [0.2, 0.25) is 0 Å². The zero-order valence-electron chi connectivity index (χ0n) is 11.3. The number of imidazole rings is 1. The standard InChI is InChI=1S/C15H20ClN3/c1-2-19-14-8-7-11(16)10-13(14)18-15(19)12-6-4-3-5-9-17-12/h7-8,10,12,17H,2-6,9H2,1H3. The molecule has 0 saturated carbocycles. The van der Waals surface area contributed by atoms with Crippen LogP contribution in [0.3, 0.4) is 0 Å². The molecule has 2 heterocycles. The highest BCUT2D eigenvalue weighted by Gasteiger charge is 2.20. The van der Waals surface area contributed by atoms with Crippen molar-refractivity contribution in [3.63, 3.8) is 0 Å². The number of fused-ring (bicyclic) bond motifs is 1. The molecule has 3 rings (SSSR count). The zero-order chi connectivity index (χ0) is 13.2. The summed E-state index contributed by atoms with van der Waals surface area (Å²) in [7, 11) is 0. The average molecular weight is 278 g/mol. The molecule has 2 aromatic rings. The van der Waals surface area contributed by atoms with Gasteiger partial charge in [-0.1, -0.05) is 24.4 Å². The Hall–Kier alpha value is -1.06. The van der Waals surface area contributed by atoms with E-state index in [2.05, 4.69) is 22.9 Å². The van der Waals surface area contributed by atoms with Gasteiger partial charge in [-0.3, -0.25) is 0 Å². The first-order chi connectivity index (χ1) is 9.29. The van der Waals surface area contributed by atoms with Crippen LogP contribution in [0.1, 0.15) is 44.5 Å². The number of halogens is 1. The predicted octanol–water partition coefficient (Wildman–Crippen LogP) is 3.91. The van der Waals surface area contributed by atoms with Gasteiger partial charge in [-0.2, -0.15) is 0 Å². The fourth-order valence-corrected chi connectivity index (χ4v) is 3.14. The number of hydrogen-bond donors (Lipinski definition) is 1. The fourth-order valence-electron chi connectivity index (χ4n) is 2.97. The van der Waals surface area contributed by atoms with Gasteiger partial charge in [-0.15, -0.1) is 0 Å². The van der Waals surface area contributed by atoms with Crippen LogP contribution in [0.4, 0.5) is 0 Å². The van der Waals surface area contributed by atoms with Crippen LogP contribution in [-0.4, -0.2) is 16.1 Å². The van der Waals surface area contributed by atoms with Gasteiger partial charge in [-0.05, 0) is 44.5 Å². The minimum absolute atomic E-state index is 0.383. The molecule has 1 fully saturated rings. The third-order valence-corrected chi connectivity index (χ3v) is 4.16. The Morgan fingerprint density at radius 1 is 1.37 bits per heavy atom. The fraction of sp³-hybridized carbons (Fsp3) is 0.533. The van der Waals surface area contributed by atoms with Gasteiger partial charge in [0.25, 0.3) is 0 Å². The van der Waals surface area contributed by atoms with Crippen LogP contribution in [-0.2, 0) is 6.54 Å². The van der Waals surface area contributed by atoms with Gasteiger partial charge in [0, 0.05) is 11.6 Å². The summed E-state index contributed by atoms with van der Waals surface area (Å²) >= 11 is 6.07. The first-order valence-corrected chi connectivity index (χ1v) is 7.56. The Labute approximate surface area is 119 Å². The van der Waals surface area contributed by atoms with E-state index in [0.29, 0.717) is 6.04 Å². The van der Waals surface area contributed by atoms with E-state index in [4.69, 9.17) is 16.6 Å². The molecule has 1 aromatic heterocycles. The van der Waals surface area contributed by atoms with E-state index in [1.54, 1.807) is 0 Å². The van der Waals surface area contributed by atoms with E-state index in [9.17, 15) is 0 Å². The molecule has 1 unspecified atom stereocenters. The second-order valence-electron chi connectivity index (χ2n) is 5.20. The SMILES string of the molecule is CCn1c(C2CCCCCN2)nc2cc(Cl)ccc21. The molecular weight excluding hydrogens is 258 g/mol. The molecule has 1 N–H and O–H groups in total. The second kappa shape index (κ2) is 5.51. The van der Waals surface area contributed by atoms with Crippen molar-refractivity contribution in [1.29, 1.82) is 0 Å². The Morgan fingerprint density at radius 3 is 3.11 bits per heavy atom. The van der Waals surface area contributed by atoms with Crippen LogP contribution >= 0.6 is 11.6 Å². The summed E-state index contributed by atoms with van der Waals surface area (Å²) in [5.74, 6) is 1.17. The number of hydrogen-bond acceptors (Lipinski definition) is 2. The predicted molar refractivity (Wildman–Crippen MR) is 79.6 cm³/mol. The monoisotopic (exact) mass is 277 g/mol. The molecule has 1 saturated heterocycles. The maximum absolute atomic E-state index is 6.07. The van der Waals surface area contributed by atoms with Crippen LogP contribution in [0.2, 0.25) is 5.02 Å². The van der Waals surface area contributed by atoms with Gasteiger partial charge in [0.15, 0.2) is 0 Å². The van der Waals surface area contributed by atoms with Crippen molar-refractivity contribution in [2.24, 2.45) is 0 Å². The third kappa shape index (κ3) is 2.49. The summed E-state index contributed by atoms with van der Waals surface area (Å²) in [6, 6.07) is 6.37. The van der Waals surface area contributed by atoms with Gasteiger partial charge in [0.05, 0.1) is 17.1 Å². The molecule has 0 amide bonds. The van der Waals surface area contributed by atoms with Crippen molar-refractivity contribution in [1.82, 2.24) is 14.9 Å². The molecule has 3 nitrogen and oxygen atoms in total. The lowest BCUT2D eigenvalue weighted by atomic mass is 10.1. The minimum Gasteiger partial charge on any atom is -0.327 e. The van der Waals surface area contributed by atoms with Crippen LogP contribution < -0.4 is 5.32 Å². The Kier molecular flexibility index (Phi) is 3.76. The molecule has 0 aliphatic carbocycles. The minimum atomic E-state index is 0.383. The number of nitrogens with one attached hydrogen (secondary N) is 1. The van der Waals surface area contributed by atoms with E-state index in [1.165, 1.54) is 37.0 Å². The van der Waals surface area contributed by atoms with Crippen molar-refractivity contribution in [3.05, 3.63) is 29.0 Å². The first kappa shape index (κ1) is 12.9. The summed E-state index contributed by atoms with van der Waals surface area (Å²) in [6.07, 6.45) is 5.05. The molecule has 102 valence electrons. The van der Waals surface area contributed by atoms with E-state index in [1.807, 2.05) is 12.1 Å². The normalized spacial score (nSPS) is 20.6. The quantitative estimate of drug-likeness (QED) is 0.902. The average Bonchev–Trinajstić information content (AvgIpc) is 2.60. The van der Waals surface area contributed by atoms with Gasteiger partial charge in [0.1, 0.15) is 5.82 Å². The van der Waals surface area contributed by atoms with Gasteiger partial charge >= 0.3 is 0 Å². The highest BCUT2D eigenvalue weighted by Crippen LogP contribution is 2.27. The maximum Gasteiger partial charge on any atom is 0.127 e. The van der Waals surface area contributed by atoms with Crippen molar-refractivity contribution in [2.45, 2.75) is 45.2 Å². The highest BCUT2D eigenvalue weighted by molar-refractivity contribution is 6.31. The smallest absolute Gasteiger partial charge is 0.127 e. The van der Waals surface area contributed by atoms with Crippen LogP contribution in [0, 0.1) is 0 Å². The number of aromatic nitrogens is 2. The molecule has 1 aliphatic rings. The summed E-state index contributed by atoms with van der Waals surface area (Å²) < 4.78 is 2.31. The molecular formula is C15H20ClN3. The van der Waals surface area contributed by atoms with E-state index in [-0.39, 0.29) is 0 Å².